The quantitative estimate of drug-likeness (QED) is 0.814. The third-order valence-corrected chi connectivity index (χ3v) is 2.45. The number of fused-ring (bicyclic) bond motifs is 1. The van der Waals surface area contributed by atoms with E-state index in [9.17, 15) is 0 Å². The lowest BCUT2D eigenvalue weighted by atomic mass is 10.1. The van der Waals surface area contributed by atoms with E-state index in [4.69, 9.17) is 15.2 Å². The first-order valence-corrected chi connectivity index (χ1v) is 5.04. The minimum atomic E-state index is 0. The van der Waals surface area contributed by atoms with Crippen molar-refractivity contribution in [2.45, 2.75) is 0 Å². The molecule has 0 fully saturated rings. The molecule has 0 saturated heterocycles. The number of nitrogens with zero attached hydrogens (tertiary/aromatic N) is 1. The van der Waals surface area contributed by atoms with Crippen molar-refractivity contribution in [3.63, 3.8) is 0 Å². The molecular formula is C11H12ClN3O2. The summed E-state index contributed by atoms with van der Waals surface area (Å²) in [6.45, 7) is 1.19. The fraction of sp³-hybridized carbons (Fsp3) is 0.182. The van der Waals surface area contributed by atoms with Gasteiger partial charge in [0.25, 0.3) is 0 Å². The Hall–Kier alpha value is -1.88. The first-order valence-electron chi connectivity index (χ1n) is 5.04. The third kappa shape index (κ3) is 2.14. The van der Waals surface area contributed by atoms with Crippen LogP contribution in [0.4, 0.5) is 5.82 Å². The highest BCUT2D eigenvalue weighted by Gasteiger charge is 2.12. The van der Waals surface area contributed by atoms with E-state index < -0.39 is 0 Å². The van der Waals surface area contributed by atoms with Crippen LogP contribution in [0.5, 0.6) is 11.5 Å². The highest BCUT2D eigenvalue weighted by Crippen LogP contribution is 2.34. The predicted molar refractivity (Wildman–Crippen MR) is 66.7 cm³/mol. The predicted octanol–water partition coefficient (Wildman–Crippen LogP) is 1.85. The number of nitrogen functional groups attached to an aromatic ring is 1. The summed E-state index contributed by atoms with van der Waals surface area (Å²) in [5.74, 6) is 2.02. The Kier molecular flexibility index (Phi) is 3.10. The number of hydrogen-bond donors (Lipinski definition) is 2. The zero-order chi connectivity index (χ0) is 11.0. The van der Waals surface area contributed by atoms with Gasteiger partial charge in [-0.2, -0.15) is 5.10 Å². The number of halogens is 1. The van der Waals surface area contributed by atoms with Crippen molar-refractivity contribution in [3.8, 4) is 22.8 Å². The molecule has 1 aliphatic heterocycles. The van der Waals surface area contributed by atoms with Gasteiger partial charge in [-0.1, -0.05) is 0 Å². The van der Waals surface area contributed by atoms with Crippen molar-refractivity contribution >= 4 is 18.2 Å². The molecule has 0 unspecified atom stereocenters. The number of rotatable bonds is 1. The maximum absolute atomic E-state index is 5.56. The molecule has 0 spiro atoms. The molecule has 6 heteroatoms. The Balaban J connectivity index is 0.00000108. The monoisotopic (exact) mass is 253 g/mol. The van der Waals surface area contributed by atoms with Gasteiger partial charge in [-0.15, -0.1) is 12.4 Å². The zero-order valence-electron chi connectivity index (χ0n) is 8.97. The lowest BCUT2D eigenvalue weighted by Crippen LogP contribution is -2.15. The smallest absolute Gasteiger partial charge is 0.162 e. The van der Waals surface area contributed by atoms with Crippen LogP contribution in [0.2, 0.25) is 0 Å². The van der Waals surface area contributed by atoms with E-state index in [1.807, 2.05) is 18.2 Å². The molecule has 0 aliphatic carbocycles. The van der Waals surface area contributed by atoms with Crippen LogP contribution in [0.1, 0.15) is 0 Å². The maximum atomic E-state index is 5.56. The molecule has 90 valence electrons. The fourth-order valence-electron chi connectivity index (χ4n) is 1.70. The van der Waals surface area contributed by atoms with Crippen LogP contribution in [0.25, 0.3) is 11.3 Å². The van der Waals surface area contributed by atoms with Gasteiger partial charge in [0, 0.05) is 11.6 Å². The van der Waals surface area contributed by atoms with Crippen molar-refractivity contribution in [2.24, 2.45) is 0 Å². The molecule has 0 amide bonds. The standard InChI is InChI=1S/C11H11N3O2.ClH/c12-11-6-8(13-14-11)7-1-2-9-10(5-7)16-4-3-15-9;/h1-2,5-6H,3-4H2,(H3,12,13,14);1H. The van der Waals surface area contributed by atoms with Gasteiger partial charge < -0.3 is 15.2 Å². The summed E-state index contributed by atoms with van der Waals surface area (Å²) >= 11 is 0. The minimum absolute atomic E-state index is 0. The van der Waals surface area contributed by atoms with Gasteiger partial charge in [0.15, 0.2) is 11.5 Å². The molecule has 2 aromatic rings. The summed E-state index contributed by atoms with van der Waals surface area (Å²) in [4.78, 5) is 0. The molecular weight excluding hydrogens is 242 g/mol. The van der Waals surface area contributed by atoms with Crippen LogP contribution >= 0.6 is 12.4 Å². The van der Waals surface area contributed by atoms with E-state index in [-0.39, 0.29) is 12.4 Å². The molecule has 3 N–H and O–H groups in total. The van der Waals surface area contributed by atoms with Gasteiger partial charge in [-0.25, -0.2) is 0 Å². The van der Waals surface area contributed by atoms with E-state index >= 15 is 0 Å². The van der Waals surface area contributed by atoms with E-state index in [1.54, 1.807) is 6.07 Å². The van der Waals surface area contributed by atoms with Gasteiger partial charge in [0.05, 0.1) is 5.69 Å². The SMILES string of the molecule is Cl.Nc1cc(-c2ccc3c(c2)OCCO3)[nH]n1. The lowest BCUT2D eigenvalue weighted by Gasteiger charge is -2.18. The Morgan fingerprint density at radius 1 is 1.12 bits per heavy atom. The second kappa shape index (κ2) is 4.55. The summed E-state index contributed by atoms with van der Waals surface area (Å²) in [7, 11) is 0. The lowest BCUT2D eigenvalue weighted by molar-refractivity contribution is 0.171. The van der Waals surface area contributed by atoms with Gasteiger partial charge in [-0.05, 0) is 18.2 Å². The second-order valence-electron chi connectivity index (χ2n) is 3.56. The number of ether oxygens (including phenoxy) is 2. The number of anilines is 1. The van der Waals surface area contributed by atoms with Crippen molar-refractivity contribution in [3.05, 3.63) is 24.3 Å². The summed E-state index contributed by atoms with van der Waals surface area (Å²) in [6, 6.07) is 7.54. The minimum Gasteiger partial charge on any atom is -0.486 e. The van der Waals surface area contributed by atoms with Crippen molar-refractivity contribution in [1.29, 1.82) is 0 Å². The Labute approximate surface area is 104 Å². The second-order valence-corrected chi connectivity index (χ2v) is 3.56. The van der Waals surface area contributed by atoms with Crippen LogP contribution < -0.4 is 15.2 Å². The summed E-state index contributed by atoms with van der Waals surface area (Å²) in [6.07, 6.45) is 0. The largest absolute Gasteiger partial charge is 0.486 e. The molecule has 1 aliphatic rings. The topological polar surface area (TPSA) is 73.2 Å². The highest BCUT2D eigenvalue weighted by atomic mass is 35.5. The fourth-order valence-corrected chi connectivity index (χ4v) is 1.70. The van der Waals surface area contributed by atoms with Crippen LogP contribution in [0.3, 0.4) is 0 Å². The van der Waals surface area contributed by atoms with Gasteiger partial charge in [0.2, 0.25) is 0 Å². The van der Waals surface area contributed by atoms with Gasteiger partial charge in [-0.3, -0.25) is 5.10 Å². The van der Waals surface area contributed by atoms with Crippen LogP contribution in [0.15, 0.2) is 24.3 Å². The molecule has 0 atom stereocenters. The summed E-state index contributed by atoms with van der Waals surface area (Å²) in [5, 5.41) is 6.74. The highest BCUT2D eigenvalue weighted by molar-refractivity contribution is 5.85. The molecule has 1 aromatic carbocycles. The van der Waals surface area contributed by atoms with E-state index in [2.05, 4.69) is 10.2 Å². The number of aromatic nitrogens is 2. The normalized spacial score (nSPS) is 12.9. The molecule has 0 radical (unpaired) electrons. The van der Waals surface area contributed by atoms with Crippen LogP contribution in [0, 0.1) is 0 Å². The molecule has 0 saturated carbocycles. The molecule has 5 nitrogen and oxygen atoms in total. The number of nitrogens with two attached hydrogens (primary N) is 1. The molecule has 2 heterocycles. The van der Waals surface area contributed by atoms with Crippen molar-refractivity contribution in [2.75, 3.05) is 18.9 Å². The number of aromatic amines is 1. The van der Waals surface area contributed by atoms with Gasteiger partial charge >= 0.3 is 0 Å². The van der Waals surface area contributed by atoms with E-state index in [0.29, 0.717) is 19.0 Å². The first-order chi connectivity index (χ1) is 7.83. The van der Waals surface area contributed by atoms with E-state index in [0.717, 1.165) is 22.8 Å². The number of hydrogen-bond acceptors (Lipinski definition) is 4. The van der Waals surface area contributed by atoms with Gasteiger partial charge in [0.1, 0.15) is 19.0 Å². The number of benzene rings is 1. The Morgan fingerprint density at radius 3 is 2.59 bits per heavy atom. The molecule has 3 rings (SSSR count). The number of nitrogens with one attached hydrogen (secondary N) is 1. The zero-order valence-corrected chi connectivity index (χ0v) is 9.79. The summed E-state index contributed by atoms with van der Waals surface area (Å²) in [5.41, 5.74) is 7.41. The number of H-pyrrole nitrogens is 1. The first kappa shape index (κ1) is 11.6. The average Bonchev–Trinajstić information content (AvgIpc) is 2.75. The summed E-state index contributed by atoms with van der Waals surface area (Å²) < 4.78 is 10.9. The Bertz CT molecular complexity index is 527. The van der Waals surface area contributed by atoms with Crippen molar-refractivity contribution < 1.29 is 9.47 Å². The van der Waals surface area contributed by atoms with E-state index in [1.165, 1.54) is 0 Å². The maximum Gasteiger partial charge on any atom is 0.162 e. The van der Waals surface area contributed by atoms with Crippen LogP contribution in [-0.2, 0) is 0 Å². The molecule has 1 aromatic heterocycles. The van der Waals surface area contributed by atoms with Crippen LogP contribution in [-0.4, -0.2) is 23.4 Å². The Morgan fingerprint density at radius 2 is 1.88 bits per heavy atom. The van der Waals surface area contributed by atoms with Crippen molar-refractivity contribution in [1.82, 2.24) is 10.2 Å². The average molecular weight is 254 g/mol. The molecule has 0 bridgehead atoms. The third-order valence-electron chi connectivity index (χ3n) is 2.45. The molecule has 17 heavy (non-hydrogen) atoms.